The summed E-state index contributed by atoms with van der Waals surface area (Å²) in [6.07, 6.45) is 4.77. The molecular formula is C10H7ClN4O. The van der Waals surface area contributed by atoms with Gasteiger partial charge in [-0.1, -0.05) is 11.6 Å². The van der Waals surface area contributed by atoms with E-state index in [0.717, 1.165) is 11.3 Å². The van der Waals surface area contributed by atoms with Gasteiger partial charge in [0.05, 0.1) is 24.2 Å². The molecule has 0 radical (unpaired) electrons. The van der Waals surface area contributed by atoms with Crippen LogP contribution in [0.3, 0.4) is 0 Å². The summed E-state index contributed by atoms with van der Waals surface area (Å²) in [6, 6.07) is 1.84. The number of rotatable bonds is 1. The third-order valence-electron chi connectivity index (χ3n) is 2.37. The molecule has 0 unspecified atom stereocenters. The molecule has 0 aliphatic rings. The third kappa shape index (κ3) is 1.22. The van der Waals surface area contributed by atoms with E-state index in [1.807, 2.05) is 13.0 Å². The normalized spacial score (nSPS) is 11.1. The van der Waals surface area contributed by atoms with E-state index in [9.17, 15) is 0 Å². The molecule has 0 fully saturated rings. The van der Waals surface area contributed by atoms with E-state index in [1.54, 1.807) is 23.1 Å². The summed E-state index contributed by atoms with van der Waals surface area (Å²) < 4.78 is 6.97. The fourth-order valence-corrected chi connectivity index (χ4v) is 1.83. The Kier molecular flexibility index (Phi) is 1.94. The quantitative estimate of drug-likeness (QED) is 0.649. The number of hydrogen-bond donors (Lipinski definition) is 0. The van der Waals surface area contributed by atoms with Gasteiger partial charge in [0.1, 0.15) is 10.9 Å². The summed E-state index contributed by atoms with van der Waals surface area (Å²) in [4.78, 5) is 3.95. The second-order valence-electron chi connectivity index (χ2n) is 3.34. The Morgan fingerprint density at radius 1 is 1.31 bits per heavy atom. The fourth-order valence-electron chi connectivity index (χ4n) is 1.61. The molecule has 0 saturated heterocycles. The highest BCUT2D eigenvalue weighted by atomic mass is 35.5. The summed E-state index contributed by atoms with van der Waals surface area (Å²) in [5, 5.41) is 8.56. The summed E-state index contributed by atoms with van der Waals surface area (Å²) >= 11 is 6.06. The summed E-state index contributed by atoms with van der Waals surface area (Å²) in [5.41, 5.74) is 1.49. The number of aromatic nitrogens is 4. The summed E-state index contributed by atoms with van der Waals surface area (Å²) in [6.45, 7) is 1.87. The maximum Gasteiger partial charge on any atom is 0.180 e. The van der Waals surface area contributed by atoms with Crippen LogP contribution in [0.15, 0.2) is 29.1 Å². The second-order valence-corrected chi connectivity index (χ2v) is 3.72. The Morgan fingerprint density at radius 2 is 2.19 bits per heavy atom. The standard InChI is InChI=1S/C10H7ClN4O/c1-6-7(2-3-16-6)10-14-13-9-5-12-4-8(11)15(9)10/h2-5H,1H3. The molecule has 0 bridgehead atoms. The van der Waals surface area contributed by atoms with E-state index >= 15 is 0 Å². The fraction of sp³-hybridized carbons (Fsp3) is 0.100. The smallest absolute Gasteiger partial charge is 0.180 e. The van der Waals surface area contributed by atoms with Gasteiger partial charge in [0.15, 0.2) is 11.5 Å². The molecule has 0 N–H and O–H groups in total. The lowest BCUT2D eigenvalue weighted by Gasteiger charge is -1.99. The van der Waals surface area contributed by atoms with Crippen molar-refractivity contribution in [2.75, 3.05) is 0 Å². The molecule has 0 aromatic carbocycles. The van der Waals surface area contributed by atoms with Crippen LogP contribution in [-0.4, -0.2) is 19.6 Å². The van der Waals surface area contributed by atoms with Crippen LogP contribution in [0, 0.1) is 6.92 Å². The molecule has 0 aliphatic heterocycles. The number of furan rings is 1. The molecule has 0 aliphatic carbocycles. The maximum atomic E-state index is 6.06. The molecule has 3 aromatic heterocycles. The van der Waals surface area contributed by atoms with Gasteiger partial charge in [-0.2, -0.15) is 0 Å². The topological polar surface area (TPSA) is 56.2 Å². The van der Waals surface area contributed by atoms with Gasteiger partial charge < -0.3 is 4.42 Å². The molecule has 3 heterocycles. The van der Waals surface area contributed by atoms with Crippen LogP contribution in [0.5, 0.6) is 0 Å². The van der Waals surface area contributed by atoms with Gasteiger partial charge in [-0.25, -0.2) is 0 Å². The van der Waals surface area contributed by atoms with E-state index in [4.69, 9.17) is 16.0 Å². The van der Waals surface area contributed by atoms with Crippen LogP contribution in [0.2, 0.25) is 5.15 Å². The van der Waals surface area contributed by atoms with Crippen LogP contribution < -0.4 is 0 Å². The van der Waals surface area contributed by atoms with Gasteiger partial charge in [-0.15, -0.1) is 10.2 Å². The van der Waals surface area contributed by atoms with Crippen molar-refractivity contribution in [2.45, 2.75) is 6.92 Å². The van der Waals surface area contributed by atoms with Crippen molar-refractivity contribution in [3.63, 3.8) is 0 Å². The van der Waals surface area contributed by atoms with Crippen LogP contribution in [-0.2, 0) is 0 Å². The lowest BCUT2D eigenvalue weighted by Crippen LogP contribution is -1.92. The van der Waals surface area contributed by atoms with Crippen LogP contribution in [0.4, 0.5) is 0 Å². The van der Waals surface area contributed by atoms with Crippen LogP contribution in [0.25, 0.3) is 17.0 Å². The lowest BCUT2D eigenvalue weighted by molar-refractivity contribution is 0.535. The van der Waals surface area contributed by atoms with Crippen molar-refractivity contribution in [1.82, 2.24) is 19.6 Å². The Morgan fingerprint density at radius 3 is 2.94 bits per heavy atom. The number of fused-ring (bicyclic) bond motifs is 1. The number of hydrogen-bond acceptors (Lipinski definition) is 4. The first-order chi connectivity index (χ1) is 7.77. The van der Waals surface area contributed by atoms with Gasteiger partial charge in [0.2, 0.25) is 0 Å². The summed E-state index contributed by atoms with van der Waals surface area (Å²) in [7, 11) is 0. The zero-order valence-corrected chi connectivity index (χ0v) is 9.14. The zero-order valence-electron chi connectivity index (χ0n) is 8.38. The minimum Gasteiger partial charge on any atom is -0.469 e. The van der Waals surface area contributed by atoms with Gasteiger partial charge in [0, 0.05) is 0 Å². The SMILES string of the molecule is Cc1occc1-c1nnc2cncc(Cl)n12. The highest BCUT2D eigenvalue weighted by Crippen LogP contribution is 2.25. The monoisotopic (exact) mass is 234 g/mol. The number of aryl methyl sites for hydroxylation is 1. The van der Waals surface area contributed by atoms with E-state index < -0.39 is 0 Å². The zero-order chi connectivity index (χ0) is 11.1. The van der Waals surface area contributed by atoms with E-state index in [0.29, 0.717) is 16.6 Å². The molecule has 6 heteroatoms. The molecule has 0 saturated carbocycles. The minimum absolute atomic E-state index is 0.470. The summed E-state index contributed by atoms with van der Waals surface area (Å²) in [5.74, 6) is 1.44. The van der Waals surface area contributed by atoms with Gasteiger partial charge in [-0.3, -0.25) is 9.38 Å². The van der Waals surface area contributed by atoms with Crippen LogP contribution in [0.1, 0.15) is 5.76 Å². The van der Waals surface area contributed by atoms with Gasteiger partial charge >= 0.3 is 0 Å². The van der Waals surface area contributed by atoms with Crippen molar-refractivity contribution in [2.24, 2.45) is 0 Å². The van der Waals surface area contributed by atoms with Crippen molar-refractivity contribution in [3.8, 4) is 11.4 Å². The van der Waals surface area contributed by atoms with Crippen LogP contribution >= 0.6 is 11.6 Å². The Bertz CT molecular complexity index is 658. The van der Waals surface area contributed by atoms with Crippen molar-refractivity contribution in [3.05, 3.63) is 35.6 Å². The molecule has 5 nitrogen and oxygen atoms in total. The van der Waals surface area contributed by atoms with Crippen molar-refractivity contribution in [1.29, 1.82) is 0 Å². The Balaban J connectivity index is 2.37. The Labute approximate surface area is 95.7 Å². The first-order valence-corrected chi connectivity index (χ1v) is 5.04. The second kappa shape index (κ2) is 3.31. The molecule has 0 atom stereocenters. The highest BCUT2D eigenvalue weighted by molar-refractivity contribution is 6.29. The van der Waals surface area contributed by atoms with E-state index in [-0.39, 0.29) is 0 Å². The largest absolute Gasteiger partial charge is 0.469 e. The van der Waals surface area contributed by atoms with Crippen molar-refractivity contribution < 1.29 is 4.42 Å². The highest BCUT2D eigenvalue weighted by Gasteiger charge is 2.14. The first-order valence-electron chi connectivity index (χ1n) is 4.66. The van der Waals surface area contributed by atoms with E-state index in [2.05, 4.69) is 15.2 Å². The maximum absolute atomic E-state index is 6.06. The van der Waals surface area contributed by atoms with E-state index in [1.165, 1.54) is 0 Å². The molecule has 0 amide bonds. The predicted molar refractivity (Wildman–Crippen MR) is 58.2 cm³/mol. The molecule has 80 valence electrons. The first kappa shape index (κ1) is 9.35. The molecular weight excluding hydrogens is 228 g/mol. The van der Waals surface area contributed by atoms with Gasteiger partial charge in [-0.05, 0) is 13.0 Å². The predicted octanol–water partition coefficient (Wildman–Crippen LogP) is 2.35. The number of halogens is 1. The average molecular weight is 235 g/mol. The molecule has 3 rings (SSSR count). The Hall–Kier alpha value is -1.88. The third-order valence-corrected chi connectivity index (χ3v) is 2.64. The minimum atomic E-state index is 0.470. The average Bonchev–Trinajstić information content (AvgIpc) is 2.84. The molecule has 3 aromatic rings. The molecule has 16 heavy (non-hydrogen) atoms. The molecule has 0 spiro atoms. The number of nitrogens with zero attached hydrogens (tertiary/aromatic N) is 4. The van der Waals surface area contributed by atoms with Crippen molar-refractivity contribution >= 4 is 17.2 Å². The van der Waals surface area contributed by atoms with Gasteiger partial charge in [0.25, 0.3) is 0 Å². The lowest BCUT2D eigenvalue weighted by atomic mass is 10.2.